The van der Waals surface area contributed by atoms with Crippen molar-refractivity contribution in [1.29, 1.82) is 0 Å². The molecule has 1 aliphatic heterocycles. The predicted molar refractivity (Wildman–Crippen MR) is 139 cm³/mol. The van der Waals surface area contributed by atoms with Gasteiger partial charge < -0.3 is 9.72 Å². The van der Waals surface area contributed by atoms with Gasteiger partial charge in [-0.15, -0.1) is 5.10 Å². The van der Waals surface area contributed by atoms with E-state index in [0.29, 0.717) is 31.0 Å². The molecule has 0 unspecified atom stereocenters. The van der Waals surface area contributed by atoms with Gasteiger partial charge in [0.05, 0.1) is 31.8 Å². The summed E-state index contributed by atoms with van der Waals surface area (Å²) in [4.78, 5) is 20.8. The number of ether oxygens (including phenoxy) is 1. The molecule has 1 N–H and O–H groups in total. The van der Waals surface area contributed by atoms with E-state index in [1.54, 1.807) is 16.8 Å². The number of aromatic nitrogens is 5. The monoisotopic (exact) mass is 505 g/mol. The Balaban J connectivity index is 1.39. The number of hydrogen-bond donors (Lipinski definition) is 1. The largest absolute Gasteiger partial charge is 0.379 e. The zero-order valence-corrected chi connectivity index (χ0v) is 21.3. The van der Waals surface area contributed by atoms with E-state index in [4.69, 9.17) is 4.74 Å². The first-order chi connectivity index (χ1) is 18.0. The molecule has 194 valence electrons. The summed E-state index contributed by atoms with van der Waals surface area (Å²) >= 11 is 0. The Labute approximate surface area is 214 Å². The van der Waals surface area contributed by atoms with Gasteiger partial charge >= 0.3 is 0 Å². The van der Waals surface area contributed by atoms with Gasteiger partial charge in [-0.3, -0.25) is 14.6 Å². The second-order valence-electron chi connectivity index (χ2n) is 9.66. The number of benzene rings is 2. The molecule has 5 rings (SSSR count). The molecular formula is C27H32FN7O2. The molecule has 1 aliphatic rings. The molecule has 0 spiro atoms. The van der Waals surface area contributed by atoms with Crippen LogP contribution in [0.25, 0.3) is 10.9 Å². The van der Waals surface area contributed by atoms with Gasteiger partial charge in [0.25, 0.3) is 5.56 Å². The summed E-state index contributed by atoms with van der Waals surface area (Å²) in [5.41, 5.74) is 4.60. The number of pyridine rings is 1. The average molecular weight is 506 g/mol. The van der Waals surface area contributed by atoms with Gasteiger partial charge in [-0.2, -0.15) is 0 Å². The van der Waals surface area contributed by atoms with Gasteiger partial charge in [0.2, 0.25) is 0 Å². The van der Waals surface area contributed by atoms with Crippen LogP contribution in [0.15, 0.2) is 47.3 Å². The van der Waals surface area contributed by atoms with E-state index in [9.17, 15) is 9.18 Å². The topological polar surface area (TPSA) is 92.2 Å². The number of nitrogens with zero attached hydrogens (tertiary/aromatic N) is 6. The van der Waals surface area contributed by atoms with Crippen LogP contribution in [0.4, 0.5) is 4.39 Å². The van der Waals surface area contributed by atoms with Gasteiger partial charge in [-0.1, -0.05) is 24.3 Å². The van der Waals surface area contributed by atoms with Crippen LogP contribution in [0.2, 0.25) is 0 Å². The highest BCUT2D eigenvalue weighted by molar-refractivity contribution is 5.85. The molecule has 0 bridgehead atoms. The number of aromatic amines is 1. The van der Waals surface area contributed by atoms with Gasteiger partial charge in [0.1, 0.15) is 5.82 Å². The summed E-state index contributed by atoms with van der Waals surface area (Å²) in [7, 11) is 0. The number of H-pyrrole nitrogens is 1. The van der Waals surface area contributed by atoms with E-state index in [1.165, 1.54) is 12.1 Å². The van der Waals surface area contributed by atoms with Crippen molar-refractivity contribution in [2.24, 2.45) is 0 Å². The molecule has 0 radical (unpaired) electrons. The molecule has 0 amide bonds. The molecule has 0 atom stereocenters. The van der Waals surface area contributed by atoms with Crippen molar-refractivity contribution in [1.82, 2.24) is 35.0 Å². The molecule has 1 fully saturated rings. The Morgan fingerprint density at radius 1 is 1.05 bits per heavy atom. The summed E-state index contributed by atoms with van der Waals surface area (Å²) in [6, 6.07) is 12.5. The van der Waals surface area contributed by atoms with Crippen molar-refractivity contribution in [3.8, 4) is 0 Å². The van der Waals surface area contributed by atoms with Gasteiger partial charge in [0, 0.05) is 43.7 Å². The number of tetrazole rings is 1. The SMILES string of the molecule is Cc1ccc(C)c2[nH]c(=O)c(CN(CCN3CCOCC3)Cc3nnnn3Cc3ccc(F)cc3)cc12. The lowest BCUT2D eigenvalue weighted by atomic mass is 10.0. The molecule has 0 saturated carbocycles. The zero-order valence-electron chi connectivity index (χ0n) is 21.3. The molecule has 0 aliphatic carbocycles. The molecule has 3 heterocycles. The molecule has 2 aromatic heterocycles. The normalized spacial score (nSPS) is 14.6. The quantitative estimate of drug-likeness (QED) is 0.374. The van der Waals surface area contributed by atoms with E-state index in [-0.39, 0.29) is 11.4 Å². The fourth-order valence-corrected chi connectivity index (χ4v) is 4.72. The number of rotatable bonds is 9. The van der Waals surface area contributed by atoms with E-state index < -0.39 is 0 Å². The fourth-order valence-electron chi connectivity index (χ4n) is 4.72. The minimum atomic E-state index is -0.277. The highest BCUT2D eigenvalue weighted by Crippen LogP contribution is 2.20. The van der Waals surface area contributed by atoms with Crippen molar-refractivity contribution in [3.05, 3.63) is 86.7 Å². The molecule has 9 nitrogen and oxygen atoms in total. The lowest BCUT2D eigenvalue weighted by molar-refractivity contribution is 0.0322. The van der Waals surface area contributed by atoms with Crippen molar-refractivity contribution >= 4 is 10.9 Å². The Hall–Kier alpha value is -3.47. The van der Waals surface area contributed by atoms with E-state index >= 15 is 0 Å². The van der Waals surface area contributed by atoms with Crippen LogP contribution in [-0.4, -0.2) is 74.4 Å². The van der Waals surface area contributed by atoms with E-state index in [1.807, 2.05) is 19.1 Å². The highest BCUT2D eigenvalue weighted by atomic mass is 19.1. The van der Waals surface area contributed by atoms with Crippen molar-refractivity contribution in [3.63, 3.8) is 0 Å². The smallest absolute Gasteiger partial charge is 0.252 e. The summed E-state index contributed by atoms with van der Waals surface area (Å²) in [5, 5.41) is 13.4. The first-order valence-electron chi connectivity index (χ1n) is 12.6. The van der Waals surface area contributed by atoms with Crippen molar-refractivity contribution < 1.29 is 9.13 Å². The lowest BCUT2D eigenvalue weighted by Gasteiger charge is -2.29. The second kappa shape index (κ2) is 11.3. The molecule has 1 saturated heterocycles. The van der Waals surface area contributed by atoms with E-state index in [0.717, 1.165) is 67.0 Å². The summed E-state index contributed by atoms with van der Waals surface area (Å²) < 4.78 is 20.6. The molecule has 2 aromatic carbocycles. The highest BCUT2D eigenvalue weighted by Gasteiger charge is 2.18. The van der Waals surface area contributed by atoms with Crippen molar-refractivity contribution in [2.45, 2.75) is 33.5 Å². The van der Waals surface area contributed by atoms with Crippen LogP contribution in [0, 0.1) is 19.7 Å². The Bertz CT molecular complexity index is 1410. The fraction of sp³-hybridized carbons (Fsp3) is 0.407. The first kappa shape index (κ1) is 25.2. The van der Waals surface area contributed by atoms with Crippen molar-refractivity contribution in [2.75, 3.05) is 39.4 Å². The third-order valence-corrected chi connectivity index (χ3v) is 6.97. The Kier molecular flexibility index (Phi) is 7.68. The number of aryl methyl sites for hydroxylation is 2. The standard InChI is InChI=1S/C27H32FN7O2/c1-19-3-4-20(2)26-24(19)15-22(27(36)29-26)17-34(10-9-33-11-13-37-14-12-33)18-25-30-31-32-35(25)16-21-5-7-23(28)8-6-21/h3-8,15H,9-14,16-18H2,1-2H3,(H,29,36). The zero-order chi connectivity index (χ0) is 25.8. The molecular weight excluding hydrogens is 473 g/mol. The van der Waals surface area contributed by atoms with Gasteiger partial charge in [-0.05, 0) is 59.2 Å². The van der Waals surface area contributed by atoms with Gasteiger partial charge in [-0.25, -0.2) is 9.07 Å². The van der Waals surface area contributed by atoms with Crippen LogP contribution < -0.4 is 5.56 Å². The van der Waals surface area contributed by atoms with Gasteiger partial charge in [0.15, 0.2) is 5.82 Å². The van der Waals surface area contributed by atoms with Crippen LogP contribution in [0.3, 0.4) is 0 Å². The number of nitrogens with one attached hydrogen (secondary N) is 1. The van der Waals surface area contributed by atoms with Crippen LogP contribution >= 0.6 is 0 Å². The number of halogens is 1. The minimum absolute atomic E-state index is 0.0801. The van der Waals surface area contributed by atoms with Crippen LogP contribution in [0.5, 0.6) is 0 Å². The minimum Gasteiger partial charge on any atom is -0.379 e. The maximum atomic E-state index is 13.3. The maximum Gasteiger partial charge on any atom is 0.252 e. The third kappa shape index (κ3) is 6.10. The molecule has 37 heavy (non-hydrogen) atoms. The summed E-state index contributed by atoms with van der Waals surface area (Å²) in [6.45, 7) is 10.3. The lowest BCUT2D eigenvalue weighted by Crippen LogP contribution is -2.41. The number of morpholine rings is 1. The summed E-state index contributed by atoms with van der Waals surface area (Å²) in [5.74, 6) is 0.413. The van der Waals surface area contributed by atoms with Crippen LogP contribution in [-0.2, 0) is 24.4 Å². The second-order valence-corrected chi connectivity index (χ2v) is 9.66. The van der Waals surface area contributed by atoms with Crippen LogP contribution in [0.1, 0.15) is 28.1 Å². The molecule has 4 aromatic rings. The maximum absolute atomic E-state index is 13.3. The third-order valence-electron chi connectivity index (χ3n) is 6.97. The Morgan fingerprint density at radius 2 is 1.81 bits per heavy atom. The molecule has 10 heteroatoms. The summed E-state index contributed by atoms with van der Waals surface area (Å²) in [6.07, 6.45) is 0. The average Bonchev–Trinajstić information content (AvgIpc) is 3.34. The number of hydrogen-bond acceptors (Lipinski definition) is 7. The number of fused-ring (bicyclic) bond motifs is 1. The van der Waals surface area contributed by atoms with E-state index in [2.05, 4.69) is 43.3 Å². The Morgan fingerprint density at radius 3 is 2.59 bits per heavy atom. The first-order valence-corrected chi connectivity index (χ1v) is 12.6. The predicted octanol–water partition coefficient (Wildman–Crippen LogP) is 2.65.